The van der Waals surface area contributed by atoms with Crippen molar-refractivity contribution in [2.24, 2.45) is 0 Å². The van der Waals surface area contributed by atoms with Gasteiger partial charge in [0.05, 0.1) is 5.02 Å². The zero-order valence-corrected chi connectivity index (χ0v) is 14.6. The van der Waals surface area contributed by atoms with Gasteiger partial charge in [0, 0.05) is 45.1 Å². The van der Waals surface area contributed by atoms with Crippen molar-refractivity contribution in [1.82, 2.24) is 14.8 Å². The topological polar surface area (TPSA) is 39.6 Å². The number of halogens is 1. The van der Waals surface area contributed by atoms with Gasteiger partial charge < -0.3 is 10.0 Å². The van der Waals surface area contributed by atoms with Crippen molar-refractivity contribution in [2.75, 3.05) is 32.7 Å². The molecular weight excluding hydrogens is 322 g/mol. The normalized spacial score (nSPS) is 16.4. The number of hydrogen-bond donors (Lipinski definition) is 1. The van der Waals surface area contributed by atoms with E-state index in [2.05, 4.69) is 20.9 Å². The average molecular weight is 346 g/mol. The molecule has 0 radical (unpaired) electrons. The van der Waals surface area contributed by atoms with E-state index < -0.39 is 0 Å². The third-order valence-electron chi connectivity index (χ3n) is 4.55. The van der Waals surface area contributed by atoms with E-state index in [9.17, 15) is 5.11 Å². The maximum Gasteiger partial charge on any atom is 0.134 e. The van der Waals surface area contributed by atoms with Gasteiger partial charge in [-0.15, -0.1) is 0 Å². The van der Waals surface area contributed by atoms with Crippen LogP contribution in [0, 0.1) is 0 Å². The average Bonchev–Trinajstić information content (AvgIpc) is 2.61. The molecule has 0 atom stereocenters. The van der Waals surface area contributed by atoms with Crippen LogP contribution in [0.2, 0.25) is 5.02 Å². The van der Waals surface area contributed by atoms with Crippen LogP contribution in [0.3, 0.4) is 0 Å². The van der Waals surface area contributed by atoms with Crippen molar-refractivity contribution < 1.29 is 5.11 Å². The minimum absolute atomic E-state index is 0.152. The van der Waals surface area contributed by atoms with Gasteiger partial charge in [0.2, 0.25) is 0 Å². The number of nitrogens with zero attached hydrogens (tertiary/aromatic N) is 3. The molecule has 24 heavy (non-hydrogen) atoms. The second kappa shape index (κ2) is 8.47. The maximum atomic E-state index is 9.49. The summed E-state index contributed by atoms with van der Waals surface area (Å²) >= 11 is 5.98. The minimum atomic E-state index is 0.152. The van der Waals surface area contributed by atoms with Crippen LogP contribution in [0.5, 0.6) is 5.75 Å². The lowest BCUT2D eigenvalue weighted by atomic mass is 10.1. The Bertz CT molecular complexity index is 642. The zero-order valence-electron chi connectivity index (χ0n) is 13.9. The fourth-order valence-corrected chi connectivity index (χ4v) is 3.33. The van der Waals surface area contributed by atoms with Gasteiger partial charge in [-0.25, -0.2) is 0 Å². The van der Waals surface area contributed by atoms with Crippen LogP contribution in [-0.2, 0) is 13.0 Å². The summed E-state index contributed by atoms with van der Waals surface area (Å²) in [6.07, 6.45) is 6.06. The molecule has 1 aromatic carbocycles. The molecular formula is C19H24ClN3O. The summed E-state index contributed by atoms with van der Waals surface area (Å²) in [5, 5.41) is 9.92. The molecule has 4 nitrogen and oxygen atoms in total. The lowest BCUT2D eigenvalue weighted by Gasteiger charge is -2.34. The highest BCUT2D eigenvalue weighted by molar-refractivity contribution is 6.32. The largest absolute Gasteiger partial charge is 0.506 e. The van der Waals surface area contributed by atoms with Crippen molar-refractivity contribution in [3.05, 3.63) is 58.9 Å². The van der Waals surface area contributed by atoms with Crippen LogP contribution in [-0.4, -0.2) is 52.6 Å². The van der Waals surface area contributed by atoms with E-state index in [4.69, 9.17) is 11.6 Å². The van der Waals surface area contributed by atoms with Gasteiger partial charge in [0.25, 0.3) is 0 Å². The standard InChI is InChI=1S/C19H24ClN3O/c20-18-13-17(5-6-19(18)24)15-23-11-9-22(10-12-23)8-2-4-16-3-1-7-21-14-16/h1,3,5-7,13-14,24H,2,4,8-12,15H2. The summed E-state index contributed by atoms with van der Waals surface area (Å²) in [6, 6.07) is 9.63. The number of benzene rings is 1. The van der Waals surface area contributed by atoms with Gasteiger partial charge in [0.15, 0.2) is 0 Å². The third-order valence-corrected chi connectivity index (χ3v) is 4.85. The van der Waals surface area contributed by atoms with Gasteiger partial charge in [0.1, 0.15) is 5.75 Å². The number of phenolic OH excluding ortho intramolecular Hbond substituents is 1. The van der Waals surface area contributed by atoms with Gasteiger partial charge in [-0.05, 0) is 48.7 Å². The SMILES string of the molecule is Oc1ccc(CN2CCN(CCCc3cccnc3)CC2)cc1Cl. The lowest BCUT2D eigenvalue weighted by molar-refractivity contribution is 0.126. The Kier molecular flexibility index (Phi) is 6.07. The highest BCUT2D eigenvalue weighted by Crippen LogP contribution is 2.24. The van der Waals surface area contributed by atoms with E-state index in [1.54, 1.807) is 6.07 Å². The molecule has 3 rings (SSSR count). The molecule has 1 aliphatic rings. The predicted octanol–water partition coefficient (Wildman–Crippen LogP) is 3.19. The van der Waals surface area contributed by atoms with Crippen LogP contribution in [0.4, 0.5) is 0 Å². The molecule has 1 aromatic heterocycles. The molecule has 0 unspecified atom stereocenters. The van der Waals surface area contributed by atoms with Crippen molar-refractivity contribution in [1.29, 1.82) is 0 Å². The first kappa shape index (κ1) is 17.2. The van der Waals surface area contributed by atoms with Crippen molar-refractivity contribution in [2.45, 2.75) is 19.4 Å². The van der Waals surface area contributed by atoms with Crippen LogP contribution in [0.25, 0.3) is 0 Å². The number of rotatable bonds is 6. The van der Waals surface area contributed by atoms with Crippen molar-refractivity contribution in [3.63, 3.8) is 0 Å². The summed E-state index contributed by atoms with van der Waals surface area (Å²) in [5.41, 5.74) is 2.48. The summed E-state index contributed by atoms with van der Waals surface area (Å²) in [6.45, 7) is 6.41. The van der Waals surface area contributed by atoms with E-state index in [0.717, 1.165) is 51.3 Å². The Morgan fingerprint density at radius 1 is 1.04 bits per heavy atom. The van der Waals surface area contributed by atoms with E-state index in [-0.39, 0.29) is 5.75 Å². The summed E-state index contributed by atoms with van der Waals surface area (Å²) in [4.78, 5) is 9.15. The Labute approximate surface area is 148 Å². The molecule has 0 spiro atoms. The number of pyridine rings is 1. The molecule has 0 saturated carbocycles. The summed E-state index contributed by atoms with van der Waals surface area (Å²) in [7, 11) is 0. The monoisotopic (exact) mass is 345 g/mol. The fourth-order valence-electron chi connectivity index (χ4n) is 3.13. The first-order valence-corrected chi connectivity index (χ1v) is 8.89. The number of hydrogen-bond acceptors (Lipinski definition) is 4. The smallest absolute Gasteiger partial charge is 0.134 e. The number of piperazine rings is 1. The Hall–Kier alpha value is -1.62. The molecule has 2 aromatic rings. The second-order valence-corrected chi connectivity index (χ2v) is 6.78. The zero-order chi connectivity index (χ0) is 16.8. The Morgan fingerprint density at radius 3 is 2.54 bits per heavy atom. The van der Waals surface area contributed by atoms with Crippen LogP contribution >= 0.6 is 11.6 Å². The molecule has 128 valence electrons. The van der Waals surface area contributed by atoms with Crippen molar-refractivity contribution >= 4 is 11.6 Å². The van der Waals surface area contributed by atoms with E-state index in [1.165, 1.54) is 12.0 Å². The minimum Gasteiger partial charge on any atom is -0.506 e. The first-order chi connectivity index (χ1) is 11.7. The summed E-state index contributed by atoms with van der Waals surface area (Å²) in [5.74, 6) is 0.152. The molecule has 2 heterocycles. The molecule has 1 N–H and O–H groups in total. The van der Waals surface area contributed by atoms with E-state index >= 15 is 0 Å². The van der Waals surface area contributed by atoms with Crippen LogP contribution in [0.1, 0.15) is 17.5 Å². The van der Waals surface area contributed by atoms with Gasteiger partial charge in [-0.3, -0.25) is 9.88 Å². The van der Waals surface area contributed by atoms with Crippen LogP contribution in [0.15, 0.2) is 42.7 Å². The number of aromatic hydroxyl groups is 1. The van der Waals surface area contributed by atoms with E-state index in [0.29, 0.717) is 5.02 Å². The molecule has 5 heteroatoms. The fraction of sp³-hybridized carbons (Fsp3) is 0.421. The molecule has 0 aliphatic carbocycles. The van der Waals surface area contributed by atoms with Gasteiger partial charge >= 0.3 is 0 Å². The second-order valence-electron chi connectivity index (χ2n) is 6.37. The highest BCUT2D eigenvalue weighted by atomic mass is 35.5. The molecule has 0 bridgehead atoms. The van der Waals surface area contributed by atoms with E-state index in [1.807, 2.05) is 30.6 Å². The Balaban J connectivity index is 1.38. The third kappa shape index (κ3) is 4.94. The lowest BCUT2D eigenvalue weighted by Crippen LogP contribution is -2.46. The van der Waals surface area contributed by atoms with Crippen LogP contribution < -0.4 is 0 Å². The quantitative estimate of drug-likeness (QED) is 0.872. The molecule has 0 amide bonds. The first-order valence-electron chi connectivity index (χ1n) is 8.52. The number of aryl methyl sites for hydroxylation is 1. The van der Waals surface area contributed by atoms with Crippen molar-refractivity contribution in [3.8, 4) is 5.75 Å². The summed E-state index contributed by atoms with van der Waals surface area (Å²) < 4.78 is 0. The molecule has 1 fully saturated rings. The number of aromatic nitrogens is 1. The van der Waals surface area contributed by atoms with Gasteiger partial charge in [-0.2, -0.15) is 0 Å². The maximum absolute atomic E-state index is 9.49. The number of phenols is 1. The highest BCUT2D eigenvalue weighted by Gasteiger charge is 2.16. The van der Waals surface area contributed by atoms with Gasteiger partial charge in [-0.1, -0.05) is 23.7 Å². The predicted molar refractivity (Wildman–Crippen MR) is 97.4 cm³/mol. The molecule has 1 saturated heterocycles. The molecule has 1 aliphatic heterocycles. The Morgan fingerprint density at radius 2 is 1.83 bits per heavy atom.